The van der Waals surface area contributed by atoms with Crippen LogP contribution in [0.4, 0.5) is 0 Å². The van der Waals surface area contributed by atoms with E-state index in [-0.39, 0.29) is 17.4 Å². The van der Waals surface area contributed by atoms with Crippen molar-refractivity contribution >= 4 is 0 Å². The van der Waals surface area contributed by atoms with E-state index in [9.17, 15) is 0 Å². The molecule has 1 aliphatic carbocycles. The summed E-state index contributed by atoms with van der Waals surface area (Å²) in [4.78, 5) is 0. The Labute approximate surface area is 125 Å². The van der Waals surface area contributed by atoms with Crippen molar-refractivity contribution in [2.24, 2.45) is 0 Å². The fraction of sp³-hybridized carbons (Fsp3) is 0.462. The Morgan fingerprint density at radius 1 is 0.474 bits per heavy atom. The smallest absolute Gasteiger partial charge is 0 e. The maximum absolute atomic E-state index is 7.50. The molecule has 0 saturated carbocycles. The maximum Gasteiger partial charge on any atom is 0 e. The average molecular weight is 302 g/mol. The molecule has 6 heteroatoms. The van der Waals surface area contributed by atoms with Crippen LogP contribution in [-0.2, 0) is 40.6 Å². The molecule has 0 spiro atoms. The van der Waals surface area contributed by atoms with Crippen molar-refractivity contribution in [2.45, 2.75) is 38.5 Å². The molecule has 1 rings (SSSR count). The van der Waals surface area contributed by atoms with Gasteiger partial charge in [-0.15, -0.1) is 0 Å². The first-order valence-electron chi connectivity index (χ1n) is 4.67. The van der Waals surface area contributed by atoms with Crippen LogP contribution in [-0.4, -0.2) is 0 Å². The molecule has 0 atom stereocenters. The van der Waals surface area contributed by atoms with Gasteiger partial charge in [-0.2, -0.15) is 0 Å². The Balaban J connectivity index is -0.0000000332. The molecule has 0 saturated heterocycles. The summed E-state index contributed by atoms with van der Waals surface area (Å²) in [6.45, 7) is 22.5. The van der Waals surface area contributed by atoms with E-state index in [0.29, 0.717) is 0 Å². The minimum absolute atomic E-state index is 0. The van der Waals surface area contributed by atoms with Crippen molar-refractivity contribution in [3.63, 3.8) is 0 Å². The van der Waals surface area contributed by atoms with E-state index in [2.05, 4.69) is 45.4 Å². The topological polar surface area (TPSA) is 99.5 Å². The molecule has 0 aromatic rings. The van der Waals surface area contributed by atoms with Gasteiger partial charge in [0.05, 0.1) is 0 Å². The Morgan fingerprint density at radius 2 is 0.684 bits per heavy atom. The van der Waals surface area contributed by atoms with Gasteiger partial charge in [0.15, 0.2) is 0 Å². The summed E-state index contributed by atoms with van der Waals surface area (Å²) in [6.07, 6.45) is 13.0. The Morgan fingerprint density at radius 3 is 0.895 bits per heavy atom. The van der Waals surface area contributed by atoms with Crippen LogP contribution < -0.4 is 0 Å². The van der Waals surface area contributed by atoms with Crippen LogP contribution in [0.2, 0.25) is 0 Å². The van der Waals surface area contributed by atoms with Gasteiger partial charge in [-0.3, -0.25) is 0 Å². The Kier molecular flexibility index (Phi) is 169. The fourth-order valence-corrected chi connectivity index (χ4v) is 1.11. The predicted octanol–water partition coefficient (Wildman–Crippen LogP) is 2.71. The second-order valence-electron chi connectivity index (χ2n) is 2.46. The molecule has 19 heavy (non-hydrogen) atoms. The average Bonchev–Trinajstić information content (AvgIpc) is 2.49. The monoisotopic (exact) mass is 302 g/mol. The first-order valence-corrected chi connectivity index (χ1v) is 4.67. The summed E-state index contributed by atoms with van der Waals surface area (Å²) >= 11 is 0. The van der Waals surface area contributed by atoms with Crippen LogP contribution >= 0.6 is 0 Å². The van der Waals surface area contributed by atoms with Crippen molar-refractivity contribution in [3.8, 4) is 0 Å². The van der Waals surface area contributed by atoms with Crippen LogP contribution in [0.3, 0.4) is 0 Å². The summed E-state index contributed by atoms with van der Waals surface area (Å²) < 4.78 is 37.5. The van der Waals surface area contributed by atoms with Gasteiger partial charge in [-0.1, -0.05) is 25.0 Å². The second-order valence-corrected chi connectivity index (χ2v) is 2.46. The van der Waals surface area contributed by atoms with Crippen LogP contribution in [0.25, 0.3) is 0 Å². The molecule has 0 unspecified atom stereocenters. The van der Waals surface area contributed by atoms with Gasteiger partial charge in [-0.05, 0) is 25.7 Å². The molecule has 0 radical (unpaired) electrons. The van der Waals surface area contributed by atoms with Crippen molar-refractivity contribution in [2.75, 3.05) is 0 Å². The molecule has 1 aliphatic rings. The summed E-state index contributed by atoms with van der Waals surface area (Å²) in [5, 5.41) is 0. The van der Waals surface area contributed by atoms with Gasteiger partial charge >= 0.3 is 56.5 Å². The van der Waals surface area contributed by atoms with E-state index in [1.165, 1.54) is 38.5 Å². The van der Waals surface area contributed by atoms with Gasteiger partial charge in [0.2, 0.25) is 0 Å². The molecule has 0 bridgehead atoms. The van der Waals surface area contributed by atoms with Crippen molar-refractivity contribution in [3.05, 3.63) is 45.4 Å². The van der Waals surface area contributed by atoms with Gasteiger partial charge in [-0.25, -0.2) is 0 Å². The molecule has 102 valence electrons. The van der Waals surface area contributed by atoms with Gasteiger partial charge < -0.3 is 0 Å². The number of rotatable bonds is 0. The molecular weight excluding hydrogens is 288 g/mol. The van der Waals surface area contributed by atoms with Gasteiger partial charge in [0, 0.05) is 17.4 Å². The molecule has 0 aromatic heterocycles. The quantitative estimate of drug-likeness (QED) is 0.373. The third-order valence-corrected chi connectivity index (χ3v) is 1.66. The minimum atomic E-state index is 0. The van der Waals surface area contributed by atoms with Crippen LogP contribution in [0.1, 0.15) is 38.5 Å². The van der Waals surface area contributed by atoms with Crippen LogP contribution in [0, 0.1) is 33.3 Å². The zero-order chi connectivity index (χ0) is 15.7. The van der Waals surface area contributed by atoms with Crippen LogP contribution in [0.15, 0.2) is 12.2 Å². The molecule has 0 aromatic carbocycles. The summed E-state index contributed by atoms with van der Waals surface area (Å²) in [7, 11) is 0. The second kappa shape index (κ2) is 89.1. The Bertz CT molecular complexity index is 193. The molecule has 0 heterocycles. The summed E-state index contributed by atoms with van der Waals surface area (Å²) in [5.74, 6) is 0. The van der Waals surface area contributed by atoms with Crippen LogP contribution in [0.5, 0.6) is 0 Å². The minimum Gasteiger partial charge on any atom is 0 e. The number of hydrogen-bond acceptors (Lipinski definition) is 0. The van der Waals surface area contributed by atoms with E-state index in [0.717, 1.165) is 0 Å². The third kappa shape index (κ3) is 78.3. The standard InChI is InChI=1S/C8H14.5CO.Cr/c1-2-4-6-8-7-5-3-1;5*1-2;/h1-2H,3-8H2;;;;;;. The zero-order valence-corrected chi connectivity index (χ0v) is 11.6. The third-order valence-electron chi connectivity index (χ3n) is 1.66. The predicted molar refractivity (Wildman–Crippen MR) is 56.5 cm³/mol. The van der Waals surface area contributed by atoms with Crippen molar-refractivity contribution < 1.29 is 40.6 Å². The maximum atomic E-state index is 7.50. The van der Waals surface area contributed by atoms with E-state index in [4.69, 9.17) is 23.3 Å². The molecular formula is C13H14CrO5. The Hall–Kier alpha value is -1.03. The largest absolute Gasteiger partial charge is 0 e. The normalized spacial score (nSPS) is 9.79. The van der Waals surface area contributed by atoms with E-state index in [1.807, 2.05) is 0 Å². The molecule has 0 fully saturated rings. The van der Waals surface area contributed by atoms with Crippen molar-refractivity contribution in [1.29, 1.82) is 0 Å². The summed E-state index contributed by atoms with van der Waals surface area (Å²) in [6, 6.07) is 0. The molecule has 5 nitrogen and oxygen atoms in total. The summed E-state index contributed by atoms with van der Waals surface area (Å²) in [5.41, 5.74) is 0. The molecule has 0 aliphatic heterocycles. The van der Waals surface area contributed by atoms with Crippen molar-refractivity contribution in [1.82, 2.24) is 0 Å². The zero-order valence-electron chi connectivity index (χ0n) is 10.3. The number of allylic oxidation sites excluding steroid dienone is 2. The van der Waals surface area contributed by atoms with E-state index < -0.39 is 0 Å². The van der Waals surface area contributed by atoms with Gasteiger partial charge in [0.25, 0.3) is 0 Å². The fourth-order valence-electron chi connectivity index (χ4n) is 1.11. The van der Waals surface area contributed by atoms with E-state index >= 15 is 0 Å². The molecule has 0 N–H and O–H groups in total. The first-order chi connectivity index (χ1) is 9.00. The SMILES string of the molecule is C1=CCCCCCC1.[C-]#[O+].[C-]#[O+].[C-]#[O+].[C-]#[O+].[C-]#[O+].[Cr]. The first kappa shape index (κ1) is 36.1. The number of hydrogen-bond donors (Lipinski definition) is 0. The van der Waals surface area contributed by atoms with Gasteiger partial charge in [0.1, 0.15) is 0 Å². The molecule has 0 amide bonds. The van der Waals surface area contributed by atoms with E-state index in [1.54, 1.807) is 0 Å².